The summed E-state index contributed by atoms with van der Waals surface area (Å²) in [5.41, 5.74) is 2.25. The van der Waals surface area contributed by atoms with E-state index in [-0.39, 0.29) is 11.8 Å². The second kappa shape index (κ2) is 8.86. The van der Waals surface area contributed by atoms with Crippen LogP contribution >= 0.6 is 0 Å². The topological polar surface area (TPSA) is 58.6 Å². The molecule has 5 nitrogen and oxygen atoms in total. The van der Waals surface area contributed by atoms with Crippen molar-refractivity contribution in [3.8, 4) is 5.75 Å². The Labute approximate surface area is 164 Å². The number of benzene rings is 3. The summed E-state index contributed by atoms with van der Waals surface area (Å²) in [5.74, 6) is -0.0166. The number of anilines is 1. The van der Waals surface area contributed by atoms with E-state index in [0.29, 0.717) is 29.1 Å². The molecule has 0 spiro atoms. The van der Waals surface area contributed by atoms with E-state index in [1.165, 1.54) is 0 Å². The van der Waals surface area contributed by atoms with Crippen LogP contribution in [0.15, 0.2) is 78.9 Å². The Hall–Kier alpha value is -3.60. The Morgan fingerprint density at radius 2 is 1.46 bits per heavy atom. The molecule has 1 N–H and O–H groups in total. The van der Waals surface area contributed by atoms with Crippen molar-refractivity contribution >= 4 is 17.5 Å². The molecule has 2 amide bonds. The van der Waals surface area contributed by atoms with Crippen LogP contribution in [0.3, 0.4) is 0 Å². The van der Waals surface area contributed by atoms with E-state index in [1.807, 2.05) is 42.5 Å². The van der Waals surface area contributed by atoms with E-state index in [0.717, 1.165) is 5.56 Å². The lowest BCUT2D eigenvalue weighted by Gasteiger charge is -2.19. The van der Waals surface area contributed by atoms with E-state index in [2.05, 4.69) is 5.32 Å². The van der Waals surface area contributed by atoms with Gasteiger partial charge in [0, 0.05) is 13.6 Å². The molecule has 3 rings (SSSR count). The van der Waals surface area contributed by atoms with Crippen molar-refractivity contribution in [1.29, 1.82) is 0 Å². The minimum atomic E-state index is -0.360. The molecule has 0 aromatic heterocycles. The molecule has 0 atom stereocenters. The lowest BCUT2D eigenvalue weighted by Crippen LogP contribution is -2.28. The fraction of sp³-hybridized carbons (Fsp3) is 0.130. The summed E-state index contributed by atoms with van der Waals surface area (Å²) in [6.45, 7) is 0.460. The van der Waals surface area contributed by atoms with Crippen molar-refractivity contribution in [1.82, 2.24) is 4.90 Å². The molecule has 5 heteroatoms. The zero-order valence-electron chi connectivity index (χ0n) is 15.9. The average molecular weight is 374 g/mol. The highest BCUT2D eigenvalue weighted by Gasteiger charge is 2.20. The third-order valence-corrected chi connectivity index (χ3v) is 4.37. The molecule has 0 aliphatic carbocycles. The Morgan fingerprint density at radius 3 is 2.18 bits per heavy atom. The molecule has 3 aromatic carbocycles. The van der Waals surface area contributed by atoms with Gasteiger partial charge in [0.05, 0.1) is 23.9 Å². The maximum absolute atomic E-state index is 13.0. The molecule has 0 radical (unpaired) electrons. The Balaban J connectivity index is 1.82. The monoisotopic (exact) mass is 374 g/mol. The van der Waals surface area contributed by atoms with Crippen molar-refractivity contribution in [3.63, 3.8) is 0 Å². The average Bonchev–Trinajstić information content (AvgIpc) is 2.74. The van der Waals surface area contributed by atoms with Crippen molar-refractivity contribution in [3.05, 3.63) is 95.6 Å². The first-order chi connectivity index (χ1) is 13.6. The molecular formula is C23H22N2O3. The van der Waals surface area contributed by atoms with Gasteiger partial charge >= 0.3 is 0 Å². The first-order valence-corrected chi connectivity index (χ1v) is 8.93. The first kappa shape index (κ1) is 19.2. The van der Waals surface area contributed by atoms with Crippen molar-refractivity contribution in [2.75, 3.05) is 19.5 Å². The van der Waals surface area contributed by atoms with Gasteiger partial charge < -0.3 is 15.0 Å². The van der Waals surface area contributed by atoms with Crippen LogP contribution in [-0.4, -0.2) is 30.9 Å². The van der Waals surface area contributed by atoms with Gasteiger partial charge in [0.2, 0.25) is 0 Å². The van der Waals surface area contributed by atoms with Crippen LogP contribution in [-0.2, 0) is 6.54 Å². The fourth-order valence-corrected chi connectivity index (χ4v) is 2.94. The number of para-hydroxylation sites is 2. The van der Waals surface area contributed by atoms with Crippen LogP contribution in [0.25, 0.3) is 0 Å². The van der Waals surface area contributed by atoms with Gasteiger partial charge in [0.1, 0.15) is 5.75 Å². The predicted octanol–water partition coefficient (Wildman–Crippen LogP) is 4.22. The molecule has 0 saturated heterocycles. The van der Waals surface area contributed by atoms with Gasteiger partial charge in [-0.3, -0.25) is 9.59 Å². The number of hydrogen-bond donors (Lipinski definition) is 1. The molecule has 0 aliphatic heterocycles. The summed E-state index contributed by atoms with van der Waals surface area (Å²) in [5, 5.41) is 2.83. The van der Waals surface area contributed by atoms with Crippen LogP contribution in [0.1, 0.15) is 26.3 Å². The molecule has 28 heavy (non-hydrogen) atoms. The summed E-state index contributed by atoms with van der Waals surface area (Å²) in [6, 6.07) is 23.7. The van der Waals surface area contributed by atoms with Crippen molar-refractivity contribution in [2.45, 2.75) is 6.54 Å². The number of nitrogens with zero attached hydrogens (tertiary/aromatic N) is 1. The number of hydrogen-bond acceptors (Lipinski definition) is 3. The van der Waals surface area contributed by atoms with Gasteiger partial charge in [-0.15, -0.1) is 0 Å². The van der Waals surface area contributed by atoms with E-state index in [1.54, 1.807) is 55.5 Å². The zero-order valence-corrected chi connectivity index (χ0v) is 15.9. The van der Waals surface area contributed by atoms with E-state index < -0.39 is 0 Å². The zero-order chi connectivity index (χ0) is 19.9. The highest BCUT2D eigenvalue weighted by molar-refractivity contribution is 6.12. The predicted molar refractivity (Wildman–Crippen MR) is 110 cm³/mol. The van der Waals surface area contributed by atoms with E-state index >= 15 is 0 Å². The quantitative estimate of drug-likeness (QED) is 0.703. The summed E-state index contributed by atoms with van der Waals surface area (Å²) >= 11 is 0. The summed E-state index contributed by atoms with van der Waals surface area (Å²) in [7, 11) is 3.27. The smallest absolute Gasteiger partial charge is 0.256 e. The molecule has 142 valence electrons. The number of amides is 2. The van der Waals surface area contributed by atoms with Crippen molar-refractivity contribution in [2.24, 2.45) is 0 Å². The fourth-order valence-electron chi connectivity index (χ4n) is 2.94. The molecule has 0 fully saturated rings. The van der Waals surface area contributed by atoms with Crippen molar-refractivity contribution < 1.29 is 14.3 Å². The number of carbonyl (C=O) groups is 2. The van der Waals surface area contributed by atoms with Crippen LogP contribution in [0.2, 0.25) is 0 Å². The molecule has 3 aromatic rings. The van der Waals surface area contributed by atoms with Gasteiger partial charge in [-0.1, -0.05) is 54.6 Å². The van der Waals surface area contributed by atoms with Gasteiger partial charge in [0.25, 0.3) is 11.8 Å². The van der Waals surface area contributed by atoms with E-state index in [9.17, 15) is 9.59 Å². The highest BCUT2D eigenvalue weighted by Crippen LogP contribution is 2.24. The second-order valence-electron chi connectivity index (χ2n) is 6.35. The molecule has 0 unspecified atom stereocenters. The number of ether oxygens (including phenoxy) is 1. The third kappa shape index (κ3) is 4.38. The lowest BCUT2D eigenvalue weighted by molar-refractivity contribution is 0.0780. The Bertz CT molecular complexity index is 970. The maximum atomic E-state index is 13.0. The second-order valence-corrected chi connectivity index (χ2v) is 6.35. The lowest BCUT2D eigenvalue weighted by atomic mass is 10.0. The molecule has 0 aliphatic rings. The largest absolute Gasteiger partial charge is 0.495 e. The van der Waals surface area contributed by atoms with Crippen LogP contribution < -0.4 is 10.1 Å². The highest BCUT2D eigenvalue weighted by atomic mass is 16.5. The molecule has 0 heterocycles. The minimum absolute atomic E-state index is 0.213. The summed E-state index contributed by atoms with van der Waals surface area (Å²) in [4.78, 5) is 27.4. The van der Waals surface area contributed by atoms with Gasteiger partial charge in [-0.2, -0.15) is 0 Å². The minimum Gasteiger partial charge on any atom is -0.495 e. The number of nitrogens with one attached hydrogen (secondary N) is 1. The number of carbonyl (C=O) groups excluding carboxylic acids is 2. The maximum Gasteiger partial charge on any atom is 0.256 e. The van der Waals surface area contributed by atoms with Crippen LogP contribution in [0.5, 0.6) is 5.75 Å². The summed E-state index contributed by atoms with van der Waals surface area (Å²) in [6.07, 6.45) is 0. The number of methoxy groups -OCH3 is 1. The van der Waals surface area contributed by atoms with Gasteiger partial charge in [-0.05, 0) is 29.8 Å². The number of rotatable bonds is 6. The molecular weight excluding hydrogens is 352 g/mol. The Morgan fingerprint density at radius 1 is 0.857 bits per heavy atom. The normalized spacial score (nSPS) is 10.2. The summed E-state index contributed by atoms with van der Waals surface area (Å²) < 4.78 is 5.27. The molecule has 0 bridgehead atoms. The van der Waals surface area contributed by atoms with Crippen LogP contribution in [0.4, 0.5) is 5.69 Å². The van der Waals surface area contributed by atoms with Gasteiger partial charge in [-0.25, -0.2) is 0 Å². The van der Waals surface area contributed by atoms with Crippen LogP contribution in [0, 0.1) is 0 Å². The molecule has 0 saturated carbocycles. The first-order valence-electron chi connectivity index (χ1n) is 8.93. The third-order valence-electron chi connectivity index (χ3n) is 4.37. The SMILES string of the molecule is COc1ccccc1NC(=O)c1ccccc1C(=O)N(C)Cc1ccccc1. The Kier molecular flexibility index (Phi) is 6.07. The van der Waals surface area contributed by atoms with E-state index in [4.69, 9.17) is 4.74 Å². The van der Waals surface area contributed by atoms with Gasteiger partial charge in [0.15, 0.2) is 0 Å². The standard InChI is InChI=1S/C23H22N2O3/c1-25(16-17-10-4-3-5-11-17)23(27)19-13-7-6-12-18(19)22(26)24-20-14-8-9-15-21(20)28-2/h3-15H,16H2,1-2H3,(H,24,26).